The molecule has 0 saturated carbocycles. The lowest BCUT2D eigenvalue weighted by Crippen LogP contribution is -2.05. The monoisotopic (exact) mass is 515 g/mol. The second kappa shape index (κ2) is 8.80. The number of halogens is 2. The first-order valence-electron chi connectivity index (χ1n) is 8.84. The number of ether oxygens (including phenoxy) is 2. The molecule has 4 rings (SSSR count). The second-order valence-electron chi connectivity index (χ2n) is 6.26. The molecule has 0 radical (unpaired) electrons. The molecule has 144 valence electrons. The number of esters is 1. The van der Waals surface area contributed by atoms with Crippen LogP contribution in [-0.4, -0.2) is 11.9 Å². The molecule has 0 aliphatic carbocycles. The normalized spacial score (nSPS) is 14.6. The summed E-state index contributed by atoms with van der Waals surface area (Å²) in [5, 5.41) is 0.648. The van der Waals surface area contributed by atoms with Crippen molar-refractivity contribution in [1.29, 1.82) is 0 Å². The van der Waals surface area contributed by atoms with E-state index in [1.54, 1.807) is 6.08 Å². The van der Waals surface area contributed by atoms with Crippen molar-refractivity contribution in [3.8, 4) is 5.75 Å². The Morgan fingerprint density at radius 3 is 2.52 bits per heavy atom. The Balaban J connectivity index is 1.58. The van der Waals surface area contributed by atoms with Gasteiger partial charge in [0.1, 0.15) is 12.4 Å². The van der Waals surface area contributed by atoms with E-state index < -0.39 is 5.97 Å². The number of para-hydroxylation sites is 1. The molecule has 29 heavy (non-hydrogen) atoms. The number of hydrogen-bond acceptors (Lipinski definition) is 4. The van der Waals surface area contributed by atoms with Gasteiger partial charge in [0, 0.05) is 25.3 Å². The summed E-state index contributed by atoms with van der Waals surface area (Å²) in [4.78, 5) is 16.7. The Hall–Kier alpha value is -2.64. The van der Waals surface area contributed by atoms with Crippen molar-refractivity contribution in [2.45, 2.75) is 6.61 Å². The number of rotatable bonds is 5. The minimum Gasteiger partial charge on any atom is -0.488 e. The minimum atomic E-state index is -0.487. The molecular weight excluding hydrogens is 501 g/mol. The highest BCUT2D eigenvalue weighted by molar-refractivity contribution is 14.1. The average Bonchev–Trinajstić information content (AvgIpc) is 3.09. The number of carbonyl (C=O) groups is 1. The van der Waals surface area contributed by atoms with Crippen LogP contribution < -0.4 is 4.74 Å². The number of aliphatic imine (C=N–C) groups is 1. The van der Waals surface area contributed by atoms with Crippen molar-refractivity contribution < 1.29 is 14.3 Å². The molecule has 0 N–H and O–H groups in total. The van der Waals surface area contributed by atoms with E-state index in [0.29, 0.717) is 23.3 Å². The maximum Gasteiger partial charge on any atom is 0.363 e. The fourth-order valence-electron chi connectivity index (χ4n) is 2.77. The highest BCUT2D eigenvalue weighted by atomic mass is 127. The van der Waals surface area contributed by atoms with E-state index in [0.717, 1.165) is 20.3 Å². The zero-order valence-electron chi connectivity index (χ0n) is 15.1. The molecule has 1 aliphatic heterocycles. The van der Waals surface area contributed by atoms with E-state index in [1.165, 1.54) is 0 Å². The van der Waals surface area contributed by atoms with Crippen molar-refractivity contribution in [3.05, 3.63) is 104 Å². The van der Waals surface area contributed by atoms with Gasteiger partial charge in [-0.15, -0.1) is 0 Å². The minimum absolute atomic E-state index is 0.229. The van der Waals surface area contributed by atoms with E-state index in [9.17, 15) is 4.79 Å². The van der Waals surface area contributed by atoms with Gasteiger partial charge >= 0.3 is 5.97 Å². The Kier molecular flexibility index (Phi) is 5.97. The standard InChI is InChI=1S/C23H15ClINO3/c24-19-7-3-1-6-17(19)14-28-21-8-4-2-5-16(21)13-20-23(27)29-22(26-20)15-9-11-18(25)12-10-15/h1-13H,14H2/b20-13-. The third-order valence-electron chi connectivity index (χ3n) is 4.26. The molecule has 3 aromatic rings. The van der Waals surface area contributed by atoms with Gasteiger partial charge in [-0.1, -0.05) is 48.0 Å². The van der Waals surface area contributed by atoms with Gasteiger partial charge in [-0.05, 0) is 65.1 Å². The summed E-state index contributed by atoms with van der Waals surface area (Å²) in [5.74, 6) is 0.442. The highest BCUT2D eigenvalue weighted by Crippen LogP contribution is 2.26. The van der Waals surface area contributed by atoms with Gasteiger partial charge in [-0.25, -0.2) is 9.79 Å². The van der Waals surface area contributed by atoms with Crippen molar-refractivity contribution in [2.24, 2.45) is 4.99 Å². The largest absolute Gasteiger partial charge is 0.488 e. The van der Waals surface area contributed by atoms with Crippen LogP contribution in [0, 0.1) is 3.57 Å². The van der Waals surface area contributed by atoms with Gasteiger partial charge in [0.15, 0.2) is 5.70 Å². The van der Waals surface area contributed by atoms with E-state index in [1.807, 2.05) is 72.8 Å². The van der Waals surface area contributed by atoms with Gasteiger partial charge in [0.2, 0.25) is 5.90 Å². The van der Waals surface area contributed by atoms with Gasteiger partial charge in [-0.2, -0.15) is 0 Å². The number of nitrogens with zero attached hydrogens (tertiary/aromatic N) is 1. The highest BCUT2D eigenvalue weighted by Gasteiger charge is 2.24. The lowest BCUT2D eigenvalue weighted by Gasteiger charge is -2.10. The van der Waals surface area contributed by atoms with Gasteiger partial charge < -0.3 is 9.47 Å². The van der Waals surface area contributed by atoms with Crippen LogP contribution >= 0.6 is 34.2 Å². The molecule has 0 fully saturated rings. The van der Waals surface area contributed by atoms with Crippen LogP contribution in [0.25, 0.3) is 6.08 Å². The summed E-state index contributed by atoms with van der Waals surface area (Å²) >= 11 is 8.42. The molecule has 0 amide bonds. The average molecular weight is 516 g/mol. The molecule has 0 saturated heterocycles. The summed E-state index contributed by atoms with van der Waals surface area (Å²) in [6.45, 7) is 0.321. The third kappa shape index (κ3) is 4.68. The molecular formula is C23H15ClINO3. The molecule has 1 aliphatic rings. The van der Waals surface area contributed by atoms with Crippen LogP contribution in [0.15, 0.2) is 83.5 Å². The summed E-state index contributed by atoms with van der Waals surface area (Å²) in [5.41, 5.74) is 2.60. The van der Waals surface area contributed by atoms with Gasteiger partial charge in [0.25, 0.3) is 0 Å². The maximum absolute atomic E-state index is 12.3. The zero-order valence-corrected chi connectivity index (χ0v) is 18.1. The van der Waals surface area contributed by atoms with Crippen LogP contribution in [-0.2, 0) is 16.1 Å². The van der Waals surface area contributed by atoms with E-state index in [-0.39, 0.29) is 5.70 Å². The van der Waals surface area contributed by atoms with Crippen LogP contribution in [0.2, 0.25) is 5.02 Å². The molecule has 0 bridgehead atoms. The number of carbonyl (C=O) groups excluding carboxylic acids is 1. The molecule has 0 spiro atoms. The second-order valence-corrected chi connectivity index (χ2v) is 7.91. The molecule has 0 aromatic heterocycles. The van der Waals surface area contributed by atoms with Crippen LogP contribution in [0.4, 0.5) is 0 Å². The predicted octanol–water partition coefficient (Wildman–Crippen LogP) is 5.87. The number of hydrogen-bond donors (Lipinski definition) is 0. The lowest BCUT2D eigenvalue weighted by atomic mass is 10.1. The van der Waals surface area contributed by atoms with Crippen LogP contribution in [0.5, 0.6) is 5.75 Å². The first-order valence-corrected chi connectivity index (χ1v) is 10.3. The first-order chi connectivity index (χ1) is 14.1. The van der Waals surface area contributed by atoms with Crippen molar-refractivity contribution in [1.82, 2.24) is 0 Å². The molecule has 1 heterocycles. The topological polar surface area (TPSA) is 47.9 Å². The maximum atomic E-state index is 12.3. The molecule has 0 unspecified atom stereocenters. The quantitative estimate of drug-likeness (QED) is 0.243. The fraction of sp³-hybridized carbons (Fsp3) is 0.0435. The summed E-state index contributed by atoms with van der Waals surface area (Å²) in [7, 11) is 0. The van der Waals surface area contributed by atoms with Gasteiger partial charge in [-0.3, -0.25) is 0 Å². The van der Waals surface area contributed by atoms with E-state index >= 15 is 0 Å². The Labute approximate surface area is 187 Å². The predicted molar refractivity (Wildman–Crippen MR) is 122 cm³/mol. The van der Waals surface area contributed by atoms with Crippen LogP contribution in [0.3, 0.4) is 0 Å². The third-order valence-corrected chi connectivity index (χ3v) is 5.35. The molecule has 6 heteroatoms. The Morgan fingerprint density at radius 1 is 1.00 bits per heavy atom. The van der Waals surface area contributed by atoms with Crippen molar-refractivity contribution in [2.75, 3.05) is 0 Å². The molecule has 4 nitrogen and oxygen atoms in total. The van der Waals surface area contributed by atoms with Crippen molar-refractivity contribution in [3.63, 3.8) is 0 Å². The van der Waals surface area contributed by atoms with E-state index in [4.69, 9.17) is 21.1 Å². The Bertz CT molecular complexity index is 1120. The van der Waals surface area contributed by atoms with Gasteiger partial charge in [0.05, 0.1) is 0 Å². The number of benzene rings is 3. The van der Waals surface area contributed by atoms with Crippen LogP contribution in [0.1, 0.15) is 16.7 Å². The first kappa shape index (κ1) is 19.7. The molecule has 0 atom stereocenters. The lowest BCUT2D eigenvalue weighted by molar-refractivity contribution is -0.129. The smallest absolute Gasteiger partial charge is 0.363 e. The van der Waals surface area contributed by atoms with Crippen molar-refractivity contribution >= 4 is 52.1 Å². The SMILES string of the molecule is O=C1OC(c2ccc(I)cc2)=N/C1=C\c1ccccc1OCc1ccccc1Cl. The number of cyclic esters (lactones) is 1. The summed E-state index contributed by atoms with van der Waals surface area (Å²) < 4.78 is 12.4. The summed E-state index contributed by atoms with van der Waals surface area (Å²) in [6, 6.07) is 22.6. The summed E-state index contributed by atoms with van der Waals surface area (Å²) in [6.07, 6.45) is 1.67. The Morgan fingerprint density at radius 2 is 1.72 bits per heavy atom. The molecule has 3 aromatic carbocycles. The zero-order chi connectivity index (χ0) is 20.2. The van der Waals surface area contributed by atoms with E-state index in [2.05, 4.69) is 27.6 Å². The fourth-order valence-corrected chi connectivity index (χ4v) is 3.32.